The Morgan fingerprint density at radius 2 is 2.18 bits per heavy atom. The molecule has 1 unspecified atom stereocenters. The van der Waals surface area contributed by atoms with Crippen molar-refractivity contribution in [2.75, 3.05) is 46.8 Å². The fourth-order valence-electron chi connectivity index (χ4n) is 2.26. The fourth-order valence-corrected chi connectivity index (χ4v) is 2.49. The van der Waals surface area contributed by atoms with Crippen LogP contribution in [-0.4, -0.2) is 66.6 Å². The van der Waals surface area contributed by atoms with Gasteiger partial charge in [-0.15, -0.1) is 0 Å². The molecule has 0 radical (unpaired) electrons. The molecule has 1 atom stereocenters. The maximum atomic E-state index is 6.11. The lowest BCUT2D eigenvalue weighted by Gasteiger charge is -2.37. The molecule has 0 aromatic carbocycles. The summed E-state index contributed by atoms with van der Waals surface area (Å²) in [6.45, 7) is 5.22. The van der Waals surface area contributed by atoms with Gasteiger partial charge >= 0.3 is 0 Å². The number of H-pyrrole nitrogens is 1. The van der Waals surface area contributed by atoms with Crippen LogP contribution in [0.25, 0.3) is 0 Å². The molecule has 1 fully saturated rings. The summed E-state index contributed by atoms with van der Waals surface area (Å²) in [7, 11) is 4.13. The van der Waals surface area contributed by atoms with Crippen molar-refractivity contribution >= 4 is 11.6 Å². The van der Waals surface area contributed by atoms with E-state index in [0.717, 1.165) is 38.4 Å². The molecule has 2 N–H and O–H groups in total. The van der Waals surface area contributed by atoms with E-state index >= 15 is 0 Å². The van der Waals surface area contributed by atoms with Crippen LogP contribution in [-0.2, 0) is 0 Å². The molecule has 2 rings (SSSR count). The molecule has 96 valence electrons. The number of hydrogen-bond acceptors (Lipinski definition) is 4. The maximum absolute atomic E-state index is 6.11. The molecule has 5 nitrogen and oxygen atoms in total. The van der Waals surface area contributed by atoms with Gasteiger partial charge in [-0.1, -0.05) is 11.6 Å². The molecule has 0 aliphatic carbocycles. The van der Waals surface area contributed by atoms with Gasteiger partial charge in [0, 0.05) is 32.7 Å². The van der Waals surface area contributed by atoms with Gasteiger partial charge in [0.15, 0.2) is 5.15 Å². The molecule has 17 heavy (non-hydrogen) atoms. The molecule has 1 aliphatic heterocycles. The van der Waals surface area contributed by atoms with Crippen molar-refractivity contribution in [1.29, 1.82) is 0 Å². The molecule has 0 amide bonds. The minimum atomic E-state index is 0.281. The van der Waals surface area contributed by atoms with Gasteiger partial charge in [-0.2, -0.15) is 0 Å². The van der Waals surface area contributed by atoms with E-state index in [0.29, 0.717) is 5.15 Å². The van der Waals surface area contributed by atoms with Gasteiger partial charge in [-0.05, 0) is 14.1 Å². The zero-order valence-corrected chi connectivity index (χ0v) is 11.2. The second kappa shape index (κ2) is 5.82. The third kappa shape index (κ3) is 2.98. The Bertz CT molecular complexity index is 345. The number of aromatic amines is 1. The van der Waals surface area contributed by atoms with E-state index in [4.69, 9.17) is 11.6 Å². The van der Waals surface area contributed by atoms with E-state index in [1.54, 1.807) is 6.33 Å². The highest BCUT2D eigenvalue weighted by atomic mass is 35.5. The number of halogens is 1. The number of aromatic nitrogens is 2. The second-order valence-corrected chi connectivity index (χ2v) is 4.88. The predicted octanol–water partition coefficient (Wildman–Crippen LogP) is 0.571. The largest absolute Gasteiger partial charge is 0.346 e. The topological polar surface area (TPSA) is 47.2 Å². The van der Waals surface area contributed by atoms with Crippen LogP contribution < -0.4 is 5.32 Å². The van der Waals surface area contributed by atoms with Crippen LogP contribution in [0.1, 0.15) is 11.7 Å². The zero-order valence-electron chi connectivity index (χ0n) is 10.4. The second-order valence-electron chi connectivity index (χ2n) is 4.52. The van der Waals surface area contributed by atoms with Crippen LogP contribution in [0.5, 0.6) is 0 Å². The third-order valence-corrected chi connectivity index (χ3v) is 3.63. The number of likely N-dealkylation sites (N-methyl/N-ethyl adjacent to an activating group) is 2. The summed E-state index contributed by atoms with van der Waals surface area (Å²) < 4.78 is 0. The summed E-state index contributed by atoms with van der Waals surface area (Å²) in [5, 5.41) is 3.82. The molecule has 0 saturated carbocycles. The normalized spacial score (nSPS) is 20.6. The predicted molar refractivity (Wildman–Crippen MR) is 69.3 cm³/mol. The Labute approximate surface area is 107 Å². The van der Waals surface area contributed by atoms with Crippen LogP contribution >= 0.6 is 11.6 Å². The standard InChI is InChI=1S/C11H20ClN5/c1-13-7-9(10-11(12)15-8-14-10)17-5-3-16(2)4-6-17/h8-9,13H,3-7H2,1-2H3,(H,14,15). The highest BCUT2D eigenvalue weighted by Gasteiger charge is 2.26. The van der Waals surface area contributed by atoms with Crippen molar-refractivity contribution in [3.05, 3.63) is 17.2 Å². The SMILES string of the molecule is CNCC(c1[nH]cnc1Cl)N1CCN(C)CC1. The van der Waals surface area contributed by atoms with Gasteiger partial charge in [0.05, 0.1) is 18.1 Å². The Morgan fingerprint density at radius 3 is 2.71 bits per heavy atom. The van der Waals surface area contributed by atoms with Crippen LogP contribution in [0.15, 0.2) is 6.33 Å². The minimum absolute atomic E-state index is 0.281. The lowest BCUT2D eigenvalue weighted by Crippen LogP contribution is -2.48. The maximum Gasteiger partial charge on any atom is 0.151 e. The summed E-state index contributed by atoms with van der Waals surface area (Å²) in [5.41, 5.74) is 1.02. The summed E-state index contributed by atoms with van der Waals surface area (Å²) in [4.78, 5) is 12.0. The molecular formula is C11H20ClN5. The van der Waals surface area contributed by atoms with Gasteiger partial charge in [-0.25, -0.2) is 4.98 Å². The molecule has 1 saturated heterocycles. The molecule has 1 aromatic heterocycles. The van der Waals surface area contributed by atoms with E-state index in [1.165, 1.54) is 0 Å². The molecule has 1 aliphatic rings. The first-order valence-electron chi connectivity index (χ1n) is 5.98. The van der Waals surface area contributed by atoms with Gasteiger partial charge < -0.3 is 15.2 Å². The van der Waals surface area contributed by atoms with E-state index < -0.39 is 0 Å². The van der Waals surface area contributed by atoms with Gasteiger partial charge in [0.25, 0.3) is 0 Å². The van der Waals surface area contributed by atoms with E-state index in [9.17, 15) is 0 Å². The van der Waals surface area contributed by atoms with Crippen molar-refractivity contribution in [2.24, 2.45) is 0 Å². The van der Waals surface area contributed by atoms with Crippen LogP contribution in [0.4, 0.5) is 0 Å². The Kier molecular flexibility index (Phi) is 4.39. The van der Waals surface area contributed by atoms with Gasteiger partial charge in [0.1, 0.15) is 0 Å². The Morgan fingerprint density at radius 1 is 1.47 bits per heavy atom. The summed E-state index contributed by atoms with van der Waals surface area (Å²) in [5.74, 6) is 0. The summed E-state index contributed by atoms with van der Waals surface area (Å²) in [6, 6.07) is 0.281. The molecule has 6 heteroatoms. The quantitative estimate of drug-likeness (QED) is 0.828. The summed E-state index contributed by atoms with van der Waals surface area (Å²) in [6.07, 6.45) is 1.66. The smallest absolute Gasteiger partial charge is 0.151 e. The van der Waals surface area contributed by atoms with E-state index in [2.05, 4.69) is 32.1 Å². The highest BCUT2D eigenvalue weighted by Crippen LogP contribution is 2.24. The Hall–Kier alpha value is -0.620. The van der Waals surface area contributed by atoms with Crippen molar-refractivity contribution in [3.63, 3.8) is 0 Å². The van der Waals surface area contributed by atoms with E-state index in [-0.39, 0.29) is 6.04 Å². The van der Waals surface area contributed by atoms with Crippen LogP contribution in [0.2, 0.25) is 5.15 Å². The van der Waals surface area contributed by atoms with Crippen molar-refractivity contribution < 1.29 is 0 Å². The zero-order chi connectivity index (χ0) is 12.3. The molecule has 2 heterocycles. The number of rotatable bonds is 4. The first kappa shape index (κ1) is 12.8. The van der Waals surface area contributed by atoms with Crippen LogP contribution in [0.3, 0.4) is 0 Å². The van der Waals surface area contributed by atoms with E-state index in [1.807, 2.05) is 7.05 Å². The molecule has 1 aromatic rings. The van der Waals surface area contributed by atoms with Gasteiger partial charge in [-0.3, -0.25) is 4.90 Å². The van der Waals surface area contributed by atoms with Crippen molar-refractivity contribution in [2.45, 2.75) is 6.04 Å². The Balaban J connectivity index is 2.09. The molecule has 0 bridgehead atoms. The number of hydrogen-bond donors (Lipinski definition) is 2. The van der Waals surface area contributed by atoms with Crippen LogP contribution in [0, 0.1) is 0 Å². The average molecular weight is 258 g/mol. The number of nitrogens with zero attached hydrogens (tertiary/aromatic N) is 3. The number of piperazine rings is 1. The minimum Gasteiger partial charge on any atom is -0.346 e. The van der Waals surface area contributed by atoms with Gasteiger partial charge in [0.2, 0.25) is 0 Å². The lowest BCUT2D eigenvalue weighted by atomic mass is 10.1. The molecule has 0 spiro atoms. The monoisotopic (exact) mass is 257 g/mol. The fraction of sp³-hybridized carbons (Fsp3) is 0.727. The first-order valence-corrected chi connectivity index (χ1v) is 6.36. The lowest BCUT2D eigenvalue weighted by molar-refractivity contribution is 0.109. The third-order valence-electron chi connectivity index (χ3n) is 3.33. The average Bonchev–Trinajstić information content (AvgIpc) is 2.74. The summed E-state index contributed by atoms with van der Waals surface area (Å²) >= 11 is 6.11. The molecular weight excluding hydrogens is 238 g/mol. The van der Waals surface area contributed by atoms with Crippen molar-refractivity contribution in [1.82, 2.24) is 25.1 Å². The number of imidazole rings is 1. The highest BCUT2D eigenvalue weighted by molar-refractivity contribution is 6.30. The van der Waals surface area contributed by atoms with Crippen molar-refractivity contribution in [3.8, 4) is 0 Å². The first-order chi connectivity index (χ1) is 8.22. The number of nitrogens with one attached hydrogen (secondary N) is 2.